The number of aliphatic hydroxyl groups excluding tert-OH is 1. The number of thiophene rings is 1. The van der Waals surface area contributed by atoms with Gasteiger partial charge in [-0.25, -0.2) is 0 Å². The first-order valence-electron chi connectivity index (χ1n) is 15.1. The molecule has 0 bridgehead atoms. The Bertz CT molecular complexity index is 2090. The Labute approximate surface area is 262 Å². The van der Waals surface area contributed by atoms with Gasteiger partial charge in [0.05, 0.1) is 0 Å². The average Bonchev–Trinajstić information content (AvgIpc) is 3.56. The van der Waals surface area contributed by atoms with Gasteiger partial charge in [0.2, 0.25) is 0 Å². The summed E-state index contributed by atoms with van der Waals surface area (Å²) in [7, 11) is 1.00. The van der Waals surface area contributed by atoms with Gasteiger partial charge in [-0.05, 0) is 85.5 Å². The highest BCUT2D eigenvalue weighted by Gasteiger charge is 2.34. The lowest BCUT2D eigenvalue weighted by Gasteiger charge is -2.36. The molecule has 1 aliphatic rings. The van der Waals surface area contributed by atoms with Crippen LogP contribution < -0.4 is 10.5 Å². The highest BCUT2D eigenvalue weighted by molar-refractivity contribution is 7.14. The second kappa shape index (κ2) is 11.9. The fourth-order valence-electron chi connectivity index (χ4n) is 6.90. The normalized spacial score (nSPS) is 16.0. The Morgan fingerprint density at radius 2 is 1.43 bits per heavy atom. The summed E-state index contributed by atoms with van der Waals surface area (Å²) in [6, 6.07) is 43.6. The van der Waals surface area contributed by atoms with E-state index >= 15 is 0 Å². The number of nitrogens with two attached hydrogens (primary N) is 1. The van der Waals surface area contributed by atoms with Crippen molar-refractivity contribution in [3.63, 3.8) is 0 Å². The molecule has 3 nitrogen and oxygen atoms in total. The molecule has 7 aromatic rings. The fourth-order valence-corrected chi connectivity index (χ4v) is 7.77. The molecule has 0 radical (unpaired) electrons. The molecule has 0 saturated heterocycles. The summed E-state index contributed by atoms with van der Waals surface area (Å²) in [4.78, 5) is 1.23. The minimum atomic E-state index is -0.370. The molecule has 4 heteroatoms. The quantitative estimate of drug-likeness (QED) is 0.196. The molecular weight excluding hydrogens is 559 g/mol. The molecule has 6 aromatic carbocycles. The maximum Gasteiger partial charge on any atom is 0.131 e. The third kappa shape index (κ3) is 5.05. The highest BCUT2D eigenvalue weighted by atomic mass is 32.1. The van der Waals surface area contributed by atoms with E-state index in [0.717, 1.165) is 32.1 Å². The van der Waals surface area contributed by atoms with Crippen LogP contribution in [0.25, 0.3) is 42.8 Å². The van der Waals surface area contributed by atoms with Crippen LogP contribution in [0.3, 0.4) is 0 Å². The van der Waals surface area contributed by atoms with Gasteiger partial charge in [-0.2, -0.15) is 0 Å². The van der Waals surface area contributed by atoms with Crippen molar-refractivity contribution in [1.82, 2.24) is 0 Å². The molecule has 0 fully saturated rings. The van der Waals surface area contributed by atoms with E-state index < -0.39 is 0 Å². The first kappa shape index (κ1) is 28.3. The lowest BCUT2D eigenvalue weighted by Crippen LogP contribution is -2.42. The molecule has 0 saturated carbocycles. The van der Waals surface area contributed by atoms with E-state index in [9.17, 15) is 0 Å². The van der Waals surface area contributed by atoms with Gasteiger partial charge < -0.3 is 15.6 Å². The molecule has 0 spiro atoms. The maximum absolute atomic E-state index is 7.23. The summed E-state index contributed by atoms with van der Waals surface area (Å²) in [5.41, 5.74) is 13.4. The van der Waals surface area contributed by atoms with Gasteiger partial charge in [0, 0.05) is 22.9 Å². The number of hydrogen-bond donors (Lipinski definition) is 2. The van der Waals surface area contributed by atoms with E-state index in [0.29, 0.717) is 6.61 Å². The number of rotatable bonds is 5. The van der Waals surface area contributed by atoms with Crippen LogP contribution in [0.5, 0.6) is 5.75 Å². The maximum atomic E-state index is 7.23. The molecule has 1 unspecified atom stereocenters. The van der Waals surface area contributed by atoms with E-state index in [2.05, 4.69) is 109 Å². The Morgan fingerprint density at radius 3 is 2.32 bits per heavy atom. The second-order valence-corrected chi connectivity index (χ2v) is 12.5. The van der Waals surface area contributed by atoms with Crippen LogP contribution in [0.4, 0.5) is 0 Å². The largest absolute Gasteiger partial charge is 0.488 e. The lowest BCUT2D eigenvalue weighted by atomic mass is 9.72. The van der Waals surface area contributed by atoms with Gasteiger partial charge in [-0.3, -0.25) is 0 Å². The van der Waals surface area contributed by atoms with Gasteiger partial charge in [0.15, 0.2) is 0 Å². The van der Waals surface area contributed by atoms with Crippen molar-refractivity contribution in [2.75, 3.05) is 7.11 Å². The first-order chi connectivity index (χ1) is 21.7. The molecule has 1 atom stereocenters. The zero-order chi connectivity index (χ0) is 30.1. The fraction of sp³-hybridized carbons (Fsp3) is 0.150. The Morgan fingerprint density at radius 1 is 0.727 bits per heavy atom. The second-order valence-electron chi connectivity index (χ2n) is 11.5. The Hall–Kier alpha value is -4.48. The monoisotopic (exact) mass is 593 g/mol. The van der Waals surface area contributed by atoms with Crippen LogP contribution in [0.1, 0.15) is 28.7 Å². The predicted octanol–water partition coefficient (Wildman–Crippen LogP) is 9.41. The van der Waals surface area contributed by atoms with Crippen LogP contribution in [0.15, 0.2) is 127 Å². The number of benzene rings is 6. The van der Waals surface area contributed by atoms with Gasteiger partial charge >= 0.3 is 0 Å². The van der Waals surface area contributed by atoms with Crippen LogP contribution >= 0.6 is 11.3 Å². The van der Waals surface area contributed by atoms with Crippen molar-refractivity contribution in [3.05, 3.63) is 149 Å². The molecule has 0 amide bonds. The predicted molar refractivity (Wildman–Crippen MR) is 186 cm³/mol. The van der Waals surface area contributed by atoms with E-state index in [4.69, 9.17) is 15.6 Å². The molecule has 1 aliphatic carbocycles. The minimum absolute atomic E-state index is 0.370. The summed E-state index contributed by atoms with van der Waals surface area (Å²) in [6.07, 6.45) is 2.77. The summed E-state index contributed by atoms with van der Waals surface area (Å²) < 4.78 is 6.11. The molecule has 44 heavy (non-hydrogen) atoms. The van der Waals surface area contributed by atoms with E-state index in [1.807, 2.05) is 18.2 Å². The van der Waals surface area contributed by atoms with Crippen molar-refractivity contribution in [1.29, 1.82) is 0 Å². The molecular formula is C40H35NO2S. The van der Waals surface area contributed by atoms with E-state index in [1.165, 1.54) is 65.0 Å². The smallest absolute Gasteiger partial charge is 0.131 e. The van der Waals surface area contributed by atoms with Crippen LogP contribution in [0, 0.1) is 0 Å². The highest BCUT2D eigenvalue weighted by Crippen LogP contribution is 2.43. The Balaban J connectivity index is 0.00000153. The summed E-state index contributed by atoms with van der Waals surface area (Å²) in [6.45, 7) is 0.576. The van der Waals surface area contributed by atoms with Crippen molar-refractivity contribution in [2.24, 2.45) is 5.73 Å². The lowest BCUT2D eigenvalue weighted by molar-refractivity contribution is 0.307. The van der Waals surface area contributed by atoms with Gasteiger partial charge in [0.25, 0.3) is 0 Å². The van der Waals surface area contributed by atoms with E-state index in [-0.39, 0.29) is 5.54 Å². The van der Waals surface area contributed by atoms with Crippen molar-refractivity contribution in [2.45, 2.75) is 31.4 Å². The van der Waals surface area contributed by atoms with Crippen LogP contribution in [-0.4, -0.2) is 12.2 Å². The number of aryl methyl sites for hydroxylation is 1. The van der Waals surface area contributed by atoms with Crippen LogP contribution in [0.2, 0.25) is 0 Å². The minimum Gasteiger partial charge on any atom is -0.488 e. The first-order valence-corrected chi connectivity index (χ1v) is 16.0. The van der Waals surface area contributed by atoms with Gasteiger partial charge in [-0.1, -0.05) is 115 Å². The number of ether oxygens (including phenoxy) is 1. The van der Waals surface area contributed by atoms with Crippen molar-refractivity contribution < 1.29 is 9.84 Å². The Kier molecular flexibility index (Phi) is 7.65. The van der Waals surface area contributed by atoms with Crippen LogP contribution in [-0.2, 0) is 25.0 Å². The molecule has 1 heterocycles. The summed E-state index contributed by atoms with van der Waals surface area (Å²) in [5.74, 6) is 0.919. The third-order valence-corrected chi connectivity index (χ3v) is 9.95. The molecule has 8 rings (SSSR count). The zero-order valence-corrected chi connectivity index (χ0v) is 25.6. The molecule has 1 aromatic heterocycles. The number of fused-ring (bicyclic) bond motifs is 6. The zero-order valence-electron chi connectivity index (χ0n) is 24.8. The van der Waals surface area contributed by atoms with Gasteiger partial charge in [-0.15, -0.1) is 11.3 Å². The third-order valence-electron chi connectivity index (χ3n) is 9.01. The van der Waals surface area contributed by atoms with Gasteiger partial charge in [0.1, 0.15) is 12.4 Å². The topological polar surface area (TPSA) is 55.5 Å². The summed E-state index contributed by atoms with van der Waals surface area (Å²) >= 11 is 1.74. The number of aliphatic hydroxyl groups is 1. The van der Waals surface area contributed by atoms with E-state index in [1.54, 1.807) is 11.3 Å². The number of hydrogen-bond acceptors (Lipinski definition) is 4. The van der Waals surface area contributed by atoms with Crippen molar-refractivity contribution >= 4 is 43.7 Å². The average molecular weight is 594 g/mol. The van der Waals surface area contributed by atoms with Crippen molar-refractivity contribution in [3.8, 4) is 16.2 Å². The molecule has 0 aliphatic heterocycles. The summed E-state index contributed by atoms with van der Waals surface area (Å²) in [5, 5.41) is 16.9. The standard InChI is InChI=1S/C39H31NOS.CH4O/c40-39(37-15-6-11-27-10-4-5-12-31(27)37)21-20-30-28(23-39)16-17-34-32-13-7-14-36(35(32)19-18-33(30)34)38-22-29(25-42-38)41-24-26-8-2-1-3-9-26;1-2/h1-19,22,25H,20-21,23-24,40H2;2H,1H3. The molecule has 218 valence electrons. The molecule has 3 N–H and O–H groups in total. The SMILES string of the molecule is CO.NC1(c2cccc3ccccc23)CCc2c(ccc3c2ccc2c(-c4cc(OCc5ccccc5)cs4)cccc23)C1.